The highest BCUT2D eigenvalue weighted by molar-refractivity contribution is 7.86. The number of carbonyl (C=O) groups excluding carboxylic acids is 1. The van der Waals surface area contributed by atoms with E-state index >= 15 is 0 Å². The normalized spacial score (nSPS) is 24.9. The van der Waals surface area contributed by atoms with Crippen molar-refractivity contribution in [2.75, 3.05) is 66.1 Å². The molecule has 3 aliphatic rings. The van der Waals surface area contributed by atoms with Crippen LogP contribution in [0.4, 0.5) is 0 Å². The van der Waals surface area contributed by atoms with Crippen molar-refractivity contribution in [1.29, 1.82) is 0 Å². The molecule has 0 bridgehead atoms. The van der Waals surface area contributed by atoms with E-state index < -0.39 is 10.2 Å². The number of piperazine rings is 1. The van der Waals surface area contributed by atoms with Gasteiger partial charge in [0.05, 0.1) is 19.8 Å². The van der Waals surface area contributed by atoms with Gasteiger partial charge in [0.1, 0.15) is 0 Å². The number of hydrogen-bond acceptors (Lipinski definition) is 5. The third kappa shape index (κ3) is 4.75. The van der Waals surface area contributed by atoms with E-state index in [1.807, 2.05) is 4.90 Å². The summed E-state index contributed by atoms with van der Waals surface area (Å²) in [4.78, 5) is 16.2. The molecule has 0 aromatic rings. The Morgan fingerprint density at radius 2 is 1.62 bits per heavy atom. The van der Waals surface area contributed by atoms with Crippen LogP contribution in [-0.4, -0.2) is 105 Å². The smallest absolute Gasteiger partial charge is 0.282 e. The van der Waals surface area contributed by atoms with Crippen molar-refractivity contribution in [3.05, 3.63) is 0 Å². The summed E-state index contributed by atoms with van der Waals surface area (Å²) in [6, 6.07) is 0.134. The summed E-state index contributed by atoms with van der Waals surface area (Å²) >= 11 is 0. The van der Waals surface area contributed by atoms with Crippen LogP contribution >= 0.6 is 0 Å². The van der Waals surface area contributed by atoms with Crippen molar-refractivity contribution in [3.63, 3.8) is 0 Å². The first kappa shape index (κ1) is 20.0. The lowest BCUT2D eigenvalue weighted by atomic mass is 9.96. The summed E-state index contributed by atoms with van der Waals surface area (Å²) in [5.74, 6) is 0.115. The van der Waals surface area contributed by atoms with Crippen LogP contribution in [0, 0.1) is 0 Å². The summed E-state index contributed by atoms with van der Waals surface area (Å²) in [5, 5.41) is 0. The van der Waals surface area contributed by atoms with Crippen molar-refractivity contribution in [2.45, 2.75) is 38.1 Å². The van der Waals surface area contributed by atoms with Crippen molar-refractivity contribution in [2.24, 2.45) is 0 Å². The SMILES string of the molecule is CN(C1CCCCC1)S(=O)(=O)N1CCN(CC(=O)N2CCOCC2)CC1. The second-order valence-corrected chi connectivity index (χ2v) is 9.47. The molecular formula is C17H32N4O4S. The number of carbonyl (C=O) groups is 1. The van der Waals surface area contributed by atoms with Gasteiger partial charge in [-0.15, -0.1) is 0 Å². The third-order valence-electron chi connectivity index (χ3n) is 5.83. The minimum Gasteiger partial charge on any atom is -0.378 e. The van der Waals surface area contributed by atoms with Gasteiger partial charge in [-0.1, -0.05) is 19.3 Å². The van der Waals surface area contributed by atoms with E-state index in [2.05, 4.69) is 4.90 Å². The molecule has 3 rings (SSSR count). The zero-order chi connectivity index (χ0) is 18.6. The highest BCUT2D eigenvalue weighted by atomic mass is 32.2. The molecule has 26 heavy (non-hydrogen) atoms. The van der Waals surface area contributed by atoms with Gasteiger partial charge in [-0.25, -0.2) is 0 Å². The molecule has 8 nitrogen and oxygen atoms in total. The molecule has 2 heterocycles. The van der Waals surface area contributed by atoms with Crippen molar-refractivity contribution in [3.8, 4) is 0 Å². The maximum atomic E-state index is 12.9. The van der Waals surface area contributed by atoms with Gasteiger partial charge in [0, 0.05) is 52.4 Å². The number of nitrogens with zero attached hydrogens (tertiary/aromatic N) is 4. The van der Waals surface area contributed by atoms with Gasteiger partial charge in [-0.3, -0.25) is 9.69 Å². The van der Waals surface area contributed by atoms with E-state index in [9.17, 15) is 13.2 Å². The molecule has 2 aliphatic heterocycles. The lowest BCUT2D eigenvalue weighted by Gasteiger charge is -2.39. The van der Waals surface area contributed by atoms with E-state index in [-0.39, 0.29) is 11.9 Å². The maximum Gasteiger partial charge on any atom is 0.282 e. The largest absolute Gasteiger partial charge is 0.378 e. The average Bonchev–Trinajstić information content (AvgIpc) is 2.69. The van der Waals surface area contributed by atoms with Gasteiger partial charge < -0.3 is 9.64 Å². The standard InChI is InChI=1S/C17H32N4O4S/c1-18(16-5-3-2-4-6-16)26(23,24)21-9-7-19(8-10-21)15-17(22)20-11-13-25-14-12-20/h16H,2-15H2,1H3. The second kappa shape index (κ2) is 8.97. The lowest BCUT2D eigenvalue weighted by molar-refractivity contribution is -0.136. The summed E-state index contributed by atoms with van der Waals surface area (Å²) in [6.45, 7) is 4.99. The number of ether oxygens (including phenoxy) is 1. The number of hydrogen-bond donors (Lipinski definition) is 0. The summed E-state index contributed by atoms with van der Waals surface area (Å²) in [5.41, 5.74) is 0. The monoisotopic (exact) mass is 388 g/mol. The molecule has 0 N–H and O–H groups in total. The van der Waals surface area contributed by atoms with Crippen molar-refractivity contribution >= 4 is 16.1 Å². The Bertz CT molecular complexity index is 565. The topological polar surface area (TPSA) is 73.4 Å². The quantitative estimate of drug-likeness (QED) is 0.661. The maximum absolute atomic E-state index is 12.9. The zero-order valence-electron chi connectivity index (χ0n) is 15.8. The van der Waals surface area contributed by atoms with Crippen LogP contribution in [0.3, 0.4) is 0 Å². The van der Waals surface area contributed by atoms with E-state index in [0.717, 1.165) is 25.7 Å². The van der Waals surface area contributed by atoms with Crippen LogP contribution in [0.25, 0.3) is 0 Å². The highest BCUT2D eigenvalue weighted by Crippen LogP contribution is 2.25. The van der Waals surface area contributed by atoms with Gasteiger partial charge in [-0.2, -0.15) is 17.0 Å². The average molecular weight is 389 g/mol. The van der Waals surface area contributed by atoms with E-state index in [0.29, 0.717) is 59.0 Å². The first-order chi connectivity index (χ1) is 12.5. The fourth-order valence-corrected chi connectivity index (χ4v) is 5.61. The molecule has 2 saturated heterocycles. The van der Waals surface area contributed by atoms with E-state index in [1.165, 1.54) is 6.42 Å². The van der Waals surface area contributed by atoms with Crippen LogP contribution in [0.1, 0.15) is 32.1 Å². The Labute approximate surface area is 157 Å². The fraction of sp³-hybridized carbons (Fsp3) is 0.941. The Kier molecular flexibility index (Phi) is 6.90. The van der Waals surface area contributed by atoms with E-state index in [4.69, 9.17) is 4.74 Å². The molecule has 150 valence electrons. The van der Waals surface area contributed by atoms with E-state index in [1.54, 1.807) is 15.7 Å². The number of amides is 1. The minimum absolute atomic E-state index is 0.115. The third-order valence-corrected chi connectivity index (χ3v) is 7.88. The molecule has 1 saturated carbocycles. The fourth-order valence-electron chi connectivity index (χ4n) is 4.04. The van der Waals surface area contributed by atoms with Crippen LogP contribution in [0.2, 0.25) is 0 Å². The first-order valence-corrected chi connectivity index (χ1v) is 11.2. The van der Waals surface area contributed by atoms with Crippen molar-refractivity contribution < 1.29 is 17.9 Å². The molecule has 1 aliphatic carbocycles. The first-order valence-electron chi connectivity index (χ1n) is 9.79. The van der Waals surface area contributed by atoms with Crippen LogP contribution in [0.15, 0.2) is 0 Å². The minimum atomic E-state index is -3.41. The Morgan fingerprint density at radius 3 is 2.23 bits per heavy atom. The summed E-state index contributed by atoms with van der Waals surface area (Å²) < 4.78 is 34.3. The van der Waals surface area contributed by atoms with Gasteiger partial charge in [-0.05, 0) is 12.8 Å². The predicted octanol–water partition coefficient (Wildman–Crippen LogP) is -0.0279. The molecule has 1 amide bonds. The molecular weight excluding hydrogens is 356 g/mol. The van der Waals surface area contributed by atoms with Gasteiger partial charge >= 0.3 is 0 Å². The Hall–Kier alpha value is -0.740. The molecule has 0 atom stereocenters. The molecule has 0 radical (unpaired) electrons. The predicted molar refractivity (Wildman–Crippen MR) is 99.0 cm³/mol. The molecule has 0 unspecified atom stereocenters. The van der Waals surface area contributed by atoms with Gasteiger partial charge in [0.15, 0.2) is 0 Å². The second-order valence-electron chi connectivity index (χ2n) is 7.48. The molecule has 9 heteroatoms. The summed E-state index contributed by atoms with van der Waals surface area (Å²) in [7, 11) is -1.68. The molecule has 3 fully saturated rings. The summed E-state index contributed by atoms with van der Waals surface area (Å²) in [6.07, 6.45) is 5.36. The van der Waals surface area contributed by atoms with Crippen LogP contribution in [-0.2, 0) is 19.7 Å². The molecule has 0 spiro atoms. The Morgan fingerprint density at radius 1 is 1.00 bits per heavy atom. The highest BCUT2D eigenvalue weighted by Gasteiger charge is 2.35. The van der Waals surface area contributed by atoms with Crippen LogP contribution < -0.4 is 0 Å². The number of morpholine rings is 1. The van der Waals surface area contributed by atoms with Crippen LogP contribution in [0.5, 0.6) is 0 Å². The Balaban J connectivity index is 1.48. The van der Waals surface area contributed by atoms with Gasteiger partial charge in [0.25, 0.3) is 10.2 Å². The van der Waals surface area contributed by atoms with Gasteiger partial charge in [0.2, 0.25) is 5.91 Å². The number of rotatable bonds is 5. The zero-order valence-corrected chi connectivity index (χ0v) is 16.6. The molecule has 0 aromatic heterocycles. The lowest BCUT2D eigenvalue weighted by Crippen LogP contribution is -2.56. The molecule has 0 aromatic carbocycles. The van der Waals surface area contributed by atoms with Crippen molar-refractivity contribution in [1.82, 2.24) is 18.4 Å².